The summed E-state index contributed by atoms with van der Waals surface area (Å²) in [6.07, 6.45) is 3.43. The minimum atomic E-state index is -0.823. The van der Waals surface area contributed by atoms with Gasteiger partial charge in [-0.25, -0.2) is 4.39 Å². The largest absolute Gasteiger partial charge is 0.494 e. The standard InChI is InChI=1S/C22H22FNO4.ClH/c1-27-20-7-6-15(12-18(20)23)17-13-22(28-19-5-3-2-4-16(17)19)8-10-24(11-9-22)14-21(25)26;/h2-7,12-13H,8-11,14H2,1H3,(H,25,26);1H. The quantitative estimate of drug-likeness (QED) is 0.811. The fraction of sp³-hybridized carbons (Fsp3) is 0.318. The number of para-hydroxylation sites is 1. The van der Waals surface area contributed by atoms with Gasteiger partial charge in [0.2, 0.25) is 0 Å². The zero-order chi connectivity index (χ0) is 19.7. The molecule has 0 unspecified atom stereocenters. The number of ether oxygens (including phenoxy) is 2. The highest BCUT2D eigenvalue weighted by atomic mass is 35.5. The lowest BCUT2D eigenvalue weighted by Gasteiger charge is -2.42. The van der Waals surface area contributed by atoms with E-state index in [4.69, 9.17) is 14.6 Å². The van der Waals surface area contributed by atoms with Gasteiger partial charge >= 0.3 is 5.97 Å². The molecule has 0 bridgehead atoms. The first kappa shape index (κ1) is 21.1. The number of carboxylic acid groups (broad SMARTS) is 1. The highest BCUT2D eigenvalue weighted by molar-refractivity contribution is 5.85. The molecule has 2 aliphatic heterocycles. The maximum atomic E-state index is 14.3. The molecule has 0 amide bonds. The van der Waals surface area contributed by atoms with Crippen molar-refractivity contribution in [1.82, 2.24) is 4.90 Å². The van der Waals surface area contributed by atoms with Crippen LogP contribution in [0.5, 0.6) is 11.5 Å². The van der Waals surface area contributed by atoms with E-state index in [0.29, 0.717) is 25.9 Å². The van der Waals surface area contributed by atoms with Crippen LogP contribution in [-0.4, -0.2) is 48.3 Å². The summed E-state index contributed by atoms with van der Waals surface area (Å²) in [7, 11) is 1.45. The Bertz CT molecular complexity index is 938. The molecule has 1 saturated heterocycles. The number of nitrogens with zero attached hydrogens (tertiary/aromatic N) is 1. The lowest BCUT2D eigenvalue weighted by molar-refractivity contribution is -0.139. The molecule has 2 heterocycles. The van der Waals surface area contributed by atoms with E-state index in [1.165, 1.54) is 13.2 Å². The number of carbonyl (C=O) groups is 1. The van der Waals surface area contributed by atoms with Gasteiger partial charge in [0.1, 0.15) is 11.4 Å². The summed E-state index contributed by atoms with van der Waals surface area (Å²) in [4.78, 5) is 12.9. The van der Waals surface area contributed by atoms with E-state index in [-0.39, 0.29) is 24.7 Å². The molecule has 2 aliphatic rings. The van der Waals surface area contributed by atoms with Crippen LogP contribution in [0.3, 0.4) is 0 Å². The van der Waals surface area contributed by atoms with Gasteiger partial charge in [-0.1, -0.05) is 24.3 Å². The Kier molecular flexibility index (Phi) is 6.15. The first-order valence-corrected chi connectivity index (χ1v) is 9.29. The van der Waals surface area contributed by atoms with Crippen LogP contribution in [0.15, 0.2) is 48.5 Å². The molecule has 4 rings (SSSR count). The molecule has 5 nitrogen and oxygen atoms in total. The number of halogens is 2. The van der Waals surface area contributed by atoms with E-state index in [1.807, 2.05) is 35.2 Å². The topological polar surface area (TPSA) is 59.0 Å². The van der Waals surface area contributed by atoms with Crippen molar-refractivity contribution in [3.63, 3.8) is 0 Å². The van der Waals surface area contributed by atoms with Crippen LogP contribution in [0.4, 0.5) is 4.39 Å². The predicted molar refractivity (Wildman–Crippen MR) is 110 cm³/mol. The van der Waals surface area contributed by atoms with Crippen molar-refractivity contribution in [2.24, 2.45) is 0 Å². The number of hydrogen-bond acceptors (Lipinski definition) is 4. The van der Waals surface area contributed by atoms with Crippen LogP contribution in [0.2, 0.25) is 0 Å². The number of rotatable bonds is 4. The van der Waals surface area contributed by atoms with Gasteiger partial charge in [0, 0.05) is 31.5 Å². The second-order valence-electron chi connectivity index (χ2n) is 7.24. The summed E-state index contributed by atoms with van der Waals surface area (Å²) in [5, 5.41) is 9.03. The van der Waals surface area contributed by atoms with Crippen molar-refractivity contribution < 1.29 is 23.8 Å². The molecule has 7 heteroatoms. The van der Waals surface area contributed by atoms with Gasteiger partial charge in [0.05, 0.1) is 13.7 Å². The molecular formula is C22H23ClFNO4. The van der Waals surface area contributed by atoms with Crippen LogP contribution >= 0.6 is 12.4 Å². The number of carboxylic acids is 1. The second kappa shape index (κ2) is 8.43. The molecule has 1 fully saturated rings. The summed E-state index contributed by atoms with van der Waals surface area (Å²) in [5.41, 5.74) is 2.09. The van der Waals surface area contributed by atoms with Gasteiger partial charge in [-0.2, -0.15) is 0 Å². The molecule has 154 valence electrons. The van der Waals surface area contributed by atoms with Crippen molar-refractivity contribution in [2.75, 3.05) is 26.7 Å². The van der Waals surface area contributed by atoms with Gasteiger partial charge in [-0.3, -0.25) is 9.69 Å². The summed E-state index contributed by atoms with van der Waals surface area (Å²) < 4.78 is 25.8. The zero-order valence-corrected chi connectivity index (χ0v) is 16.9. The predicted octanol–water partition coefficient (Wildman–Crippen LogP) is 4.00. The Morgan fingerprint density at radius 1 is 1.24 bits per heavy atom. The van der Waals surface area contributed by atoms with Crippen LogP contribution in [0.25, 0.3) is 5.57 Å². The maximum absolute atomic E-state index is 14.3. The second-order valence-corrected chi connectivity index (χ2v) is 7.24. The van der Waals surface area contributed by atoms with Crippen molar-refractivity contribution in [3.05, 3.63) is 65.5 Å². The molecule has 1 spiro atoms. The Labute approximate surface area is 175 Å². The normalized spacial score (nSPS) is 17.5. The van der Waals surface area contributed by atoms with E-state index in [1.54, 1.807) is 6.07 Å². The minimum Gasteiger partial charge on any atom is -0.494 e. The Morgan fingerprint density at radius 3 is 2.62 bits per heavy atom. The Balaban J connectivity index is 0.00000240. The average Bonchev–Trinajstić information content (AvgIpc) is 2.69. The zero-order valence-electron chi connectivity index (χ0n) is 16.1. The van der Waals surface area contributed by atoms with Crippen molar-refractivity contribution >= 4 is 23.9 Å². The van der Waals surface area contributed by atoms with Crippen LogP contribution in [-0.2, 0) is 4.79 Å². The highest BCUT2D eigenvalue weighted by Gasteiger charge is 2.39. The summed E-state index contributed by atoms with van der Waals surface area (Å²) >= 11 is 0. The van der Waals surface area contributed by atoms with Gasteiger partial charge in [0.25, 0.3) is 0 Å². The third kappa shape index (κ3) is 4.23. The Hall–Kier alpha value is -2.57. The minimum absolute atomic E-state index is 0. The lowest BCUT2D eigenvalue weighted by atomic mass is 9.83. The number of fused-ring (bicyclic) bond motifs is 1. The van der Waals surface area contributed by atoms with Gasteiger partial charge in [-0.15, -0.1) is 12.4 Å². The number of likely N-dealkylation sites (tertiary alicyclic amines) is 1. The van der Waals surface area contributed by atoms with Crippen LogP contribution in [0, 0.1) is 5.82 Å². The van der Waals surface area contributed by atoms with Crippen molar-refractivity contribution in [3.8, 4) is 11.5 Å². The molecule has 0 aromatic heterocycles. The van der Waals surface area contributed by atoms with E-state index >= 15 is 0 Å². The van der Waals surface area contributed by atoms with Crippen LogP contribution < -0.4 is 9.47 Å². The molecule has 0 atom stereocenters. The smallest absolute Gasteiger partial charge is 0.317 e. The molecule has 0 saturated carbocycles. The molecule has 0 radical (unpaired) electrons. The number of piperidine rings is 1. The Morgan fingerprint density at radius 2 is 1.97 bits per heavy atom. The molecule has 0 aliphatic carbocycles. The number of hydrogen-bond donors (Lipinski definition) is 1. The van der Waals surface area contributed by atoms with E-state index in [9.17, 15) is 9.18 Å². The van der Waals surface area contributed by atoms with Gasteiger partial charge in [-0.05, 0) is 35.4 Å². The van der Waals surface area contributed by atoms with E-state index in [2.05, 4.69) is 6.08 Å². The summed E-state index contributed by atoms with van der Waals surface area (Å²) in [6.45, 7) is 1.30. The highest BCUT2D eigenvalue weighted by Crippen LogP contribution is 2.43. The molecular weight excluding hydrogens is 397 g/mol. The molecule has 1 N–H and O–H groups in total. The summed E-state index contributed by atoms with van der Waals surface area (Å²) in [6, 6.07) is 12.7. The molecule has 2 aromatic rings. The van der Waals surface area contributed by atoms with Crippen LogP contribution in [0.1, 0.15) is 24.0 Å². The number of benzene rings is 2. The van der Waals surface area contributed by atoms with E-state index < -0.39 is 17.4 Å². The first-order valence-electron chi connectivity index (χ1n) is 9.29. The number of methoxy groups -OCH3 is 1. The molecule has 2 aromatic carbocycles. The van der Waals surface area contributed by atoms with Crippen molar-refractivity contribution in [1.29, 1.82) is 0 Å². The third-order valence-electron chi connectivity index (χ3n) is 5.42. The fourth-order valence-electron chi connectivity index (χ4n) is 3.97. The van der Waals surface area contributed by atoms with E-state index in [0.717, 1.165) is 22.4 Å². The monoisotopic (exact) mass is 419 g/mol. The lowest BCUT2D eigenvalue weighted by Crippen LogP contribution is -2.49. The first-order chi connectivity index (χ1) is 13.5. The third-order valence-corrected chi connectivity index (χ3v) is 5.42. The van der Waals surface area contributed by atoms with Gasteiger partial charge in [0.15, 0.2) is 11.6 Å². The summed E-state index contributed by atoms with van der Waals surface area (Å²) in [5.74, 6) is -0.254. The van der Waals surface area contributed by atoms with Gasteiger partial charge < -0.3 is 14.6 Å². The molecule has 29 heavy (non-hydrogen) atoms. The average molecular weight is 420 g/mol. The SMILES string of the molecule is COc1ccc(C2=CC3(CCN(CC(=O)O)CC3)Oc3ccccc32)cc1F.Cl. The maximum Gasteiger partial charge on any atom is 0.317 e. The van der Waals surface area contributed by atoms with Crippen molar-refractivity contribution in [2.45, 2.75) is 18.4 Å². The number of aliphatic carboxylic acids is 1. The fourth-order valence-corrected chi connectivity index (χ4v) is 3.97.